The normalized spacial score (nSPS) is 13.9. The highest BCUT2D eigenvalue weighted by Gasteiger charge is 2.19. The zero-order valence-corrected chi connectivity index (χ0v) is 19.0. The third-order valence-electron chi connectivity index (χ3n) is 6.00. The van der Waals surface area contributed by atoms with Crippen molar-refractivity contribution in [2.24, 2.45) is 0 Å². The van der Waals surface area contributed by atoms with Gasteiger partial charge in [0.2, 0.25) is 0 Å². The first-order valence-electron chi connectivity index (χ1n) is 11.1. The molecule has 0 amide bonds. The first-order valence-corrected chi connectivity index (χ1v) is 11.9. The molecular weight excluding hydrogens is 420 g/mol. The van der Waals surface area contributed by atoms with Crippen LogP contribution >= 0.6 is 11.3 Å². The summed E-state index contributed by atoms with van der Waals surface area (Å²) in [5, 5.41) is 0.783. The first kappa shape index (κ1) is 20.8. The number of ether oxygens (including phenoxy) is 2. The Morgan fingerprint density at radius 2 is 1.81 bits per heavy atom. The molecular formula is C26H26N2O3S. The fraction of sp³-hybridized carbons (Fsp3) is 0.308. The third kappa shape index (κ3) is 4.15. The van der Waals surface area contributed by atoms with Gasteiger partial charge in [-0.15, -0.1) is 11.3 Å². The van der Waals surface area contributed by atoms with Crippen LogP contribution in [0.25, 0.3) is 21.6 Å². The SMILES string of the molecule is COc1cc(-c2nc3sc4c(c3c(=O)[nH]2)CCCCCC4)ccc1OCc1ccccc1. The molecule has 164 valence electrons. The van der Waals surface area contributed by atoms with Crippen LogP contribution in [-0.2, 0) is 19.4 Å². The van der Waals surface area contributed by atoms with Crippen molar-refractivity contribution in [1.82, 2.24) is 9.97 Å². The van der Waals surface area contributed by atoms with Gasteiger partial charge in [-0.1, -0.05) is 43.2 Å². The number of hydrogen-bond donors (Lipinski definition) is 1. The van der Waals surface area contributed by atoms with Crippen LogP contribution in [0.1, 0.15) is 41.7 Å². The second kappa shape index (κ2) is 9.17. The molecule has 0 unspecified atom stereocenters. The van der Waals surface area contributed by atoms with Gasteiger partial charge in [0, 0.05) is 10.4 Å². The Kier molecular flexibility index (Phi) is 5.95. The predicted molar refractivity (Wildman–Crippen MR) is 129 cm³/mol. The Hall–Kier alpha value is -3.12. The smallest absolute Gasteiger partial charge is 0.260 e. The molecule has 0 radical (unpaired) electrons. The Morgan fingerprint density at radius 3 is 2.62 bits per heavy atom. The van der Waals surface area contributed by atoms with Gasteiger partial charge in [-0.3, -0.25) is 4.79 Å². The minimum absolute atomic E-state index is 0.0496. The molecule has 6 heteroatoms. The molecule has 32 heavy (non-hydrogen) atoms. The number of benzene rings is 2. The van der Waals surface area contributed by atoms with Gasteiger partial charge in [0.1, 0.15) is 17.3 Å². The number of nitrogens with one attached hydrogen (secondary N) is 1. The Morgan fingerprint density at radius 1 is 1.00 bits per heavy atom. The average molecular weight is 447 g/mol. The lowest BCUT2D eigenvalue weighted by molar-refractivity contribution is 0.284. The maximum absolute atomic E-state index is 13.0. The zero-order valence-electron chi connectivity index (χ0n) is 18.1. The van der Waals surface area contributed by atoms with Crippen LogP contribution < -0.4 is 15.0 Å². The van der Waals surface area contributed by atoms with Crippen LogP contribution in [0.3, 0.4) is 0 Å². The second-order valence-electron chi connectivity index (χ2n) is 8.15. The molecule has 0 aliphatic heterocycles. The lowest BCUT2D eigenvalue weighted by Crippen LogP contribution is -2.10. The van der Waals surface area contributed by atoms with Crippen molar-refractivity contribution < 1.29 is 9.47 Å². The van der Waals surface area contributed by atoms with E-state index in [1.165, 1.54) is 29.7 Å². The van der Waals surface area contributed by atoms with E-state index in [1.54, 1.807) is 18.4 Å². The number of fused-ring (bicyclic) bond motifs is 3. The molecule has 1 aliphatic carbocycles. The van der Waals surface area contributed by atoms with Crippen molar-refractivity contribution in [2.45, 2.75) is 45.1 Å². The Bertz CT molecular complexity index is 1290. The molecule has 0 spiro atoms. The summed E-state index contributed by atoms with van der Waals surface area (Å²) in [6.45, 7) is 0.457. The van der Waals surface area contributed by atoms with E-state index in [1.807, 2.05) is 48.5 Å². The number of thiophene rings is 1. The quantitative estimate of drug-likeness (QED) is 0.415. The summed E-state index contributed by atoms with van der Waals surface area (Å²) >= 11 is 1.68. The number of aromatic nitrogens is 2. The largest absolute Gasteiger partial charge is 0.493 e. The van der Waals surface area contributed by atoms with E-state index in [9.17, 15) is 4.79 Å². The summed E-state index contributed by atoms with van der Waals surface area (Å²) in [6.07, 6.45) is 6.85. The van der Waals surface area contributed by atoms with Crippen molar-refractivity contribution >= 4 is 21.6 Å². The molecule has 0 fully saturated rings. The van der Waals surface area contributed by atoms with Crippen LogP contribution in [0, 0.1) is 0 Å². The zero-order chi connectivity index (χ0) is 21.9. The molecule has 5 rings (SSSR count). The second-order valence-corrected chi connectivity index (χ2v) is 9.24. The van der Waals surface area contributed by atoms with E-state index in [2.05, 4.69) is 4.98 Å². The molecule has 0 bridgehead atoms. The number of H-pyrrole nitrogens is 1. The van der Waals surface area contributed by atoms with E-state index in [-0.39, 0.29) is 5.56 Å². The van der Waals surface area contributed by atoms with Gasteiger partial charge in [0.05, 0.1) is 12.5 Å². The summed E-state index contributed by atoms with van der Waals surface area (Å²) < 4.78 is 11.5. The highest BCUT2D eigenvalue weighted by atomic mass is 32.1. The van der Waals surface area contributed by atoms with Gasteiger partial charge in [0.25, 0.3) is 5.56 Å². The minimum Gasteiger partial charge on any atom is -0.493 e. The van der Waals surface area contributed by atoms with Crippen LogP contribution in [0.15, 0.2) is 53.3 Å². The summed E-state index contributed by atoms with van der Waals surface area (Å²) in [6, 6.07) is 15.7. The molecule has 4 aromatic rings. The van der Waals surface area contributed by atoms with Crippen LogP contribution in [0.2, 0.25) is 0 Å². The van der Waals surface area contributed by atoms with Crippen molar-refractivity contribution in [1.29, 1.82) is 0 Å². The van der Waals surface area contributed by atoms with Crippen molar-refractivity contribution in [2.75, 3.05) is 7.11 Å². The van der Waals surface area contributed by atoms with E-state index >= 15 is 0 Å². The van der Waals surface area contributed by atoms with Gasteiger partial charge in [0.15, 0.2) is 11.5 Å². The summed E-state index contributed by atoms with van der Waals surface area (Å²) in [7, 11) is 1.62. The molecule has 1 aliphatic rings. The predicted octanol–water partition coefficient (Wildman–Crippen LogP) is 5.90. The lowest BCUT2D eigenvalue weighted by atomic mass is 9.98. The molecule has 0 saturated carbocycles. The number of nitrogens with zero attached hydrogens (tertiary/aromatic N) is 1. The summed E-state index contributed by atoms with van der Waals surface area (Å²) in [5.41, 5.74) is 3.05. The summed E-state index contributed by atoms with van der Waals surface area (Å²) in [5.74, 6) is 1.83. The fourth-order valence-electron chi connectivity index (χ4n) is 4.32. The number of aryl methyl sites for hydroxylation is 2. The molecule has 5 nitrogen and oxygen atoms in total. The van der Waals surface area contributed by atoms with Crippen molar-refractivity contribution in [3.05, 3.63) is 74.9 Å². The third-order valence-corrected chi connectivity index (χ3v) is 7.18. The Labute approximate surface area is 191 Å². The molecule has 2 aromatic carbocycles. The number of aromatic amines is 1. The molecule has 2 aromatic heterocycles. The van der Waals surface area contributed by atoms with Gasteiger partial charge in [-0.25, -0.2) is 4.98 Å². The number of rotatable bonds is 5. The van der Waals surface area contributed by atoms with Crippen LogP contribution in [-0.4, -0.2) is 17.1 Å². The summed E-state index contributed by atoms with van der Waals surface area (Å²) in [4.78, 5) is 23.1. The number of methoxy groups -OCH3 is 1. The van der Waals surface area contributed by atoms with Crippen LogP contribution in [0.5, 0.6) is 11.5 Å². The molecule has 1 N–H and O–H groups in total. The fourth-order valence-corrected chi connectivity index (χ4v) is 5.59. The van der Waals surface area contributed by atoms with E-state index in [0.29, 0.717) is 23.9 Å². The number of hydrogen-bond acceptors (Lipinski definition) is 5. The highest BCUT2D eigenvalue weighted by Crippen LogP contribution is 2.35. The minimum atomic E-state index is -0.0496. The van der Waals surface area contributed by atoms with E-state index in [4.69, 9.17) is 14.5 Å². The average Bonchev–Trinajstić information content (AvgIpc) is 3.15. The standard InChI is InChI=1S/C26H26N2O3S/c1-30-21-15-18(13-14-20(21)31-16-17-9-5-4-6-10-17)24-27-25(29)23-19-11-7-2-3-8-12-22(19)32-26(23)28-24/h4-6,9-10,13-15H,2-3,7-8,11-12,16H2,1H3,(H,27,28,29). The van der Waals surface area contributed by atoms with Crippen LogP contribution in [0.4, 0.5) is 0 Å². The Balaban J connectivity index is 1.47. The van der Waals surface area contributed by atoms with E-state index < -0.39 is 0 Å². The first-order chi connectivity index (χ1) is 15.7. The van der Waals surface area contributed by atoms with Crippen molar-refractivity contribution in [3.63, 3.8) is 0 Å². The lowest BCUT2D eigenvalue weighted by Gasteiger charge is -2.12. The van der Waals surface area contributed by atoms with Gasteiger partial charge < -0.3 is 14.5 Å². The maximum atomic E-state index is 13.0. The molecule has 0 saturated heterocycles. The molecule has 0 atom stereocenters. The van der Waals surface area contributed by atoms with Gasteiger partial charge >= 0.3 is 0 Å². The van der Waals surface area contributed by atoms with Gasteiger partial charge in [-0.05, 0) is 55.0 Å². The van der Waals surface area contributed by atoms with Crippen molar-refractivity contribution in [3.8, 4) is 22.9 Å². The van der Waals surface area contributed by atoms with E-state index in [0.717, 1.165) is 40.6 Å². The molecule has 2 heterocycles. The topological polar surface area (TPSA) is 64.2 Å². The maximum Gasteiger partial charge on any atom is 0.260 e. The monoisotopic (exact) mass is 446 g/mol. The van der Waals surface area contributed by atoms with Gasteiger partial charge in [-0.2, -0.15) is 0 Å². The highest BCUT2D eigenvalue weighted by molar-refractivity contribution is 7.18.